The highest BCUT2D eigenvalue weighted by atomic mass is 35.5. The van der Waals surface area contributed by atoms with Gasteiger partial charge in [-0.2, -0.15) is 0 Å². The van der Waals surface area contributed by atoms with Crippen molar-refractivity contribution >= 4 is 46.4 Å². The van der Waals surface area contributed by atoms with Crippen molar-refractivity contribution in [3.8, 4) is 0 Å². The second-order valence-corrected chi connectivity index (χ2v) is 5.20. The SMILES string of the molecule is OC(Cl)(Cl)c1ccccc1C(O)(Cl)Cl. The van der Waals surface area contributed by atoms with Crippen LogP contribution in [0.4, 0.5) is 0 Å². The lowest BCUT2D eigenvalue weighted by atomic mass is 10.1. The lowest BCUT2D eigenvalue weighted by molar-refractivity contribution is 0.194. The van der Waals surface area contributed by atoms with Gasteiger partial charge in [0.25, 0.3) is 0 Å². The van der Waals surface area contributed by atoms with Gasteiger partial charge in [0, 0.05) is 11.1 Å². The van der Waals surface area contributed by atoms with E-state index in [0.29, 0.717) is 0 Å². The third kappa shape index (κ3) is 2.89. The Morgan fingerprint density at radius 2 is 1.07 bits per heavy atom. The van der Waals surface area contributed by atoms with E-state index < -0.39 is 9.04 Å². The Balaban J connectivity index is 3.31. The number of alkyl halides is 4. The highest BCUT2D eigenvalue weighted by Gasteiger charge is 2.33. The van der Waals surface area contributed by atoms with Gasteiger partial charge in [0.05, 0.1) is 0 Å². The fourth-order valence-electron chi connectivity index (χ4n) is 1.01. The zero-order chi connectivity index (χ0) is 11.0. The van der Waals surface area contributed by atoms with E-state index in [1.165, 1.54) is 12.1 Å². The van der Waals surface area contributed by atoms with E-state index in [1.54, 1.807) is 12.1 Å². The van der Waals surface area contributed by atoms with Gasteiger partial charge < -0.3 is 10.2 Å². The molecule has 0 atom stereocenters. The molecule has 0 unspecified atom stereocenters. The summed E-state index contributed by atoms with van der Waals surface area (Å²) in [7, 11) is 0. The van der Waals surface area contributed by atoms with Crippen molar-refractivity contribution in [2.75, 3.05) is 0 Å². The maximum Gasteiger partial charge on any atom is 0.242 e. The van der Waals surface area contributed by atoms with Crippen LogP contribution in [0.25, 0.3) is 0 Å². The number of halogens is 4. The first-order valence-electron chi connectivity index (χ1n) is 3.53. The Morgan fingerprint density at radius 3 is 1.29 bits per heavy atom. The molecule has 0 spiro atoms. The Morgan fingerprint density at radius 1 is 0.786 bits per heavy atom. The van der Waals surface area contributed by atoms with Crippen LogP contribution >= 0.6 is 46.4 Å². The molecule has 0 radical (unpaired) electrons. The fourth-order valence-corrected chi connectivity index (χ4v) is 1.67. The van der Waals surface area contributed by atoms with Gasteiger partial charge in [0.1, 0.15) is 0 Å². The molecule has 14 heavy (non-hydrogen) atoms. The predicted molar refractivity (Wildman–Crippen MR) is 57.6 cm³/mol. The summed E-state index contributed by atoms with van der Waals surface area (Å²) >= 11 is 21.8. The number of hydrogen-bond acceptors (Lipinski definition) is 2. The Labute approximate surface area is 101 Å². The van der Waals surface area contributed by atoms with Crippen LogP contribution in [-0.2, 0) is 9.04 Å². The van der Waals surface area contributed by atoms with Crippen molar-refractivity contribution in [1.29, 1.82) is 0 Å². The minimum atomic E-state index is -2.14. The molecular weight excluding hydrogens is 270 g/mol. The molecule has 1 aromatic rings. The van der Waals surface area contributed by atoms with Gasteiger partial charge in [-0.1, -0.05) is 70.7 Å². The summed E-state index contributed by atoms with van der Waals surface area (Å²) in [6, 6.07) is 5.97. The van der Waals surface area contributed by atoms with Gasteiger partial charge in [-0.25, -0.2) is 0 Å². The molecule has 0 aliphatic rings. The van der Waals surface area contributed by atoms with Gasteiger partial charge in [-0.3, -0.25) is 0 Å². The average molecular weight is 276 g/mol. The number of hydrogen-bond donors (Lipinski definition) is 2. The lowest BCUT2D eigenvalue weighted by Crippen LogP contribution is -2.18. The van der Waals surface area contributed by atoms with Crippen LogP contribution < -0.4 is 0 Å². The van der Waals surface area contributed by atoms with Gasteiger partial charge >= 0.3 is 0 Å². The zero-order valence-corrected chi connectivity index (χ0v) is 9.74. The first kappa shape index (κ1) is 12.4. The number of rotatable bonds is 2. The molecule has 0 saturated heterocycles. The molecule has 0 amide bonds. The van der Waals surface area contributed by atoms with Crippen LogP contribution in [-0.4, -0.2) is 10.2 Å². The van der Waals surface area contributed by atoms with Crippen molar-refractivity contribution in [1.82, 2.24) is 0 Å². The van der Waals surface area contributed by atoms with E-state index in [9.17, 15) is 10.2 Å². The van der Waals surface area contributed by atoms with Gasteiger partial charge in [-0.05, 0) is 0 Å². The van der Waals surface area contributed by atoms with E-state index >= 15 is 0 Å². The van der Waals surface area contributed by atoms with Gasteiger partial charge in [0.15, 0.2) is 0 Å². The minimum Gasteiger partial charge on any atom is -0.359 e. The van der Waals surface area contributed by atoms with Crippen molar-refractivity contribution < 1.29 is 10.2 Å². The molecule has 0 aliphatic carbocycles. The summed E-state index contributed by atoms with van der Waals surface area (Å²) in [6.45, 7) is 0. The van der Waals surface area contributed by atoms with Crippen LogP contribution in [0.5, 0.6) is 0 Å². The highest BCUT2D eigenvalue weighted by Crippen LogP contribution is 2.40. The van der Waals surface area contributed by atoms with E-state index in [2.05, 4.69) is 0 Å². The molecule has 0 aliphatic heterocycles. The molecule has 6 heteroatoms. The summed E-state index contributed by atoms with van der Waals surface area (Å²) in [5.41, 5.74) is 0.0756. The fraction of sp³-hybridized carbons (Fsp3) is 0.250. The number of benzene rings is 1. The first-order valence-corrected chi connectivity index (χ1v) is 5.04. The van der Waals surface area contributed by atoms with E-state index in [0.717, 1.165) is 0 Å². The standard InChI is InChI=1S/C8H6Cl4O2/c9-7(10,13)5-3-1-2-4-6(5)8(11,12)14/h1-4,13-14H. The summed E-state index contributed by atoms with van der Waals surface area (Å²) in [5.74, 6) is 0. The second kappa shape index (κ2) is 4.05. The summed E-state index contributed by atoms with van der Waals surface area (Å²) in [6.07, 6.45) is 0. The zero-order valence-electron chi connectivity index (χ0n) is 6.72. The molecule has 0 fully saturated rings. The molecule has 0 heterocycles. The molecule has 2 N–H and O–H groups in total. The predicted octanol–water partition coefficient (Wildman–Crippen LogP) is 2.85. The van der Waals surface area contributed by atoms with Crippen LogP contribution in [0, 0.1) is 0 Å². The number of aliphatic hydroxyl groups is 2. The average Bonchev–Trinajstić information content (AvgIpc) is 2.01. The maximum absolute atomic E-state index is 9.34. The van der Waals surface area contributed by atoms with E-state index in [4.69, 9.17) is 46.4 Å². The molecule has 0 saturated carbocycles. The summed E-state index contributed by atoms with van der Waals surface area (Å²) < 4.78 is -4.29. The van der Waals surface area contributed by atoms with Gasteiger partial charge in [-0.15, -0.1) is 0 Å². The first-order chi connectivity index (χ1) is 6.23. The molecule has 0 aromatic heterocycles. The monoisotopic (exact) mass is 274 g/mol. The highest BCUT2D eigenvalue weighted by molar-refractivity contribution is 6.48. The molecule has 78 valence electrons. The summed E-state index contributed by atoms with van der Waals surface area (Å²) in [5, 5.41) is 18.7. The largest absolute Gasteiger partial charge is 0.359 e. The van der Waals surface area contributed by atoms with Crippen molar-refractivity contribution in [3.63, 3.8) is 0 Å². The Hall–Kier alpha value is 0.300. The molecular formula is C8H6Cl4O2. The molecule has 1 rings (SSSR count). The normalized spacial score (nSPS) is 13.0. The quantitative estimate of drug-likeness (QED) is 0.815. The molecule has 0 bridgehead atoms. The van der Waals surface area contributed by atoms with Crippen molar-refractivity contribution in [3.05, 3.63) is 35.4 Å². The molecule has 2 nitrogen and oxygen atoms in total. The van der Waals surface area contributed by atoms with E-state index in [1.807, 2.05) is 0 Å². The smallest absolute Gasteiger partial charge is 0.242 e. The van der Waals surface area contributed by atoms with Gasteiger partial charge in [0.2, 0.25) is 9.04 Å². The molecule has 1 aromatic carbocycles. The van der Waals surface area contributed by atoms with Crippen LogP contribution in [0.15, 0.2) is 24.3 Å². The maximum atomic E-state index is 9.34. The van der Waals surface area contributed by atoms with Crippen molar-refractivity contribution in [2.24, 2.45) is 0 Å². The lowest BCUT2D eigenvalue weighted by Gasteiger charge is -2.21. The Kier molecular flexibility index (Phi) is 3.58. The van der Waals surface area contributed by atoms with Crippen LogP contribution in [0.1, 0.15) is 11.1 Å². The van der Waals surface area contributed by atoms with Crippen LogP contribution in [0.3, 0.4) is 0 Å². The van der Waals surface area contributed by atoms with Crippen LogP contribution in [0.2, 0.25) is 0 Å². The Bertz CT molecular complexity index is 294. The topological polar surface area (TPSA) is 40.5 Å². The third-order valence-electron chi connectivity index (χ3n) is 1.58. The van der Waals surface area contributed by atoms with E-state index in [-0.39, 0.29) is 11.1 Å². The minimum absolute atomic E-state index is 0.0378. The summed E-state index contributed by atoms with van der Waals surface area (Å²) in [4.78, 5) is 0. The second-order valence-electron chi connectivity index (χ2n) is 2.63. The third-order valence-corrected chi connectivity index (χ3v) is 2.39. The van der Waals surface area contributed by atoms with Crippen molar-refractivity contribution in [2.45, 2.75) is 9.04 Å².